The van der Waals surface area contributed by atoms with Crippen LogP contribution in [0.3, 0.4) is 0 Å². The van der Waals surface area contributed by atoms with Gasteiger partial charge in [0.15, 0.2) is 0 Å². The first-order valence-electron chi connectivity index (χ1n) is 6.93. The molecule has 2 nitrogen and oxygen atoms in total. The van der Waals surface area contributed by atoms with Gasteiger partial charge in [0.2, 0.25) is 0 Å². The molecule has 18 heavy (non-hydrogen) atoms. The summed E-state index contributed by atoms with van der Waals surface area (Å²) in [5.74, 6) is -0.173. The molecule has 1 heterocycles. The van der Waals surface area contributed by atoms with Gasteiger partial charge in [-0.1, -0.05) is 31.4 Å². The summed E-state index contributed by atoms with van der Waals surface area (Å²) in [6.45, 7) is 1.67. The summed E-state index contributed by atoms with van der Waals surface area (Å²) in [4.78, 5) is 0. The van der Waals surface area contributed by atoms with Crippen molar-refractivity contribution >= 4 is 0 Å². The largest absolute Gasteiger partial charge is 0.372 e. The van der Waals surface area contributed by atoms with E-state index >= 15 is 0 Å². The second-order valence-corrected chi connectivity index (χ2v) is 5.41. The van der Waals surface area contributed by atoms with Gasteiger partial charge in [-0.3, -0.25) is 0 Å². The van der Waals surface area contributed by atoms with Gasteiger partial charge in [0.1, 0.15) is 5.82 Å². The molecule has 1 aromatic rings. The minimum absolute atomic E-state index is 0.0612. The van der Waals surface area contributed by atoms with Crippen molar-refractivity contribution in [1.82, 2.24) is 5.32 Å². The van der Waals surface area contributed by atoms with E-state index in [0.717, 1.165) is 31.6 Å². The molecule has 0 amide bonds. The van der Waals surface area contributed by atoms with Crippen LogP contribution in [0.15, 0.2) is 24.3 Å². The van der Waals surface area contributed by atoms with E-state index in [2.05, 4.69) is 5.32 Å². The van der Waals surface area contributed by atoms with Gasteiger partial charge in [-0.25, -0.2) is 4.39 Å². The molecule has 1 aliphatic heterocycles. The van der Waals surface area contributed by atoms with Crippen LogP contribution in [0, 0.1) is 5.82 Å². The van der Waals surface area contributed by atoms with E-state index < -0.39 is 0 Å². The number of ether oxygens (including phenoxy) is 1. The zero-order chi connectivity index (χ0) is 12.4. The molecule has 0 bridgehead atoms. The molecule has 1 aromatic carbocycles. The first-order valence-corrected chi connectivity index (χ1v) is 6.93. The molecule has 1 aliphatic carbocycles. The first-order chi connectivity index (χ1) is 8.80. The van der Waals surface area contributed by atoms with Crippen molar-refractivity contribution in [1.29, 1.82) is 0 Å². The maximum Gasteiger partial charge on any atom is 0.123 e. The topological polar surface area (TPSA) is 21.3 Å². The fourth-order valence-electron chi connectivity index (χ4n) is 3.39. The third-order valence-corrected chi connectivity index (χ3v) is 4.27. The number of hydrogen-bond acceptors (Lipinski definition) is 2. The van der Waals surface area contributed by atoms with E-state index in [1.54, 1.807) is 12.1 Å². The van der Waals surface area contributed by atoms with E-state index in [9.17, 15) is 4.39 Å². The average Bonchev–Trinajstić information content (AvgIpc) is 2.42. The van der Waals surface area contributed by atoms with E-state index in [1.165, 1.54) is 19.3 Å². The Morgan fingerprint density at radius 1 is 1.11 bits per heavy atom. The van der Waals surface area contributed by atoms with Crippen LogP contribution in [0.25, 0.3) is 0 Å². The van der Waals surface area contributed by atoms with Gasteiger partial charge in [-0.15, -0.1) is 0 Å². The Morgan fingerprint density at radius 3 is 2.56 bits per heavy atom. The third kappa shape index (κ3) is 2.17. The van der Waals surface area contributed by atoms with Gasteiger partial charge < -0.3 is 10.1 Å². The Balaban J connectivity index is 1.89. The molecule has 1 atom stereocenters. The maximum atomic E-state index is 13.0. The fourth-order valence-corrected chi connectivity index (χ4v) is 3.39. The van der Waals surface area contributed by atoms with Crippen LogP contribution in [0.2, 0.25) is 0 Å². The van der Waals surface area contributed by atoms with Crippen molar-refractivity contribution in [2.24, 2.45) is 0 Å². The van der Waals surface area contributed by atoms with E-state index in [0.29, 0.717) is 0 Å². The molecule has 1 saturated carbocycles. The number of rotatable bonds is 1. The van der Waals surface area contributed by atoms with E-state index in [1.807, 2.05) is 12.1 Å². The van der Waals surface area contributed by atoms with E-state index in [4.69, 9.17) is 4.74 Å². The molecular formula is C15H20FNO. The summed E-state index contributed by atoms with van der Waals surface area (Å²) >= 11 is 0. The molecule has 1 saturated heterocycles. The highest BCUT2D eigenvalue weighted by Crippen LogP contribution is 2.42. The zero-order valence-corrected chi connectivity index (χ0v) is 10.6. The van der Waals surface area contributed by atoms with Crippen molar-refractivity contribution in [3.05, 3.63) is 35.6 Å². The highest BCUT2D eigenvalue weighted by molar-refractivity contribution is 5.24. The summed E-state index contributed by atoms with van der Waals surface area (Å²) in [5.41, 5.74) is 1.09. The van der Waals surface area contributed by atoms with Crippen LogP contribution in [0.1, 0.15) is 43.7 Å². The third-order valence-electron chi connectivity index (χ3n) is 4.27. The Morgan fingerprint density at radius 2 is 1.83 bits per heavy atom. The van der Waals surface area contributed by atoms with Gasteiger partial charge in [-0.05, 0) is 30.5 Å². The molecule has 3 heteroatoms. The van der Waals surface area contributed by atoms with Crippen LogP contribution in [0.5, 0.6) is 0 Å². The molecule has 1 spiro atoms. The number of nitrogens with one attached hydrogen (secondary N) is 1. The minimum atomic E-state index is -0.173. The normalized spacial score (nSPS) is 27.3. The number of benzene rings is 1. The predicted molar refractivity (Wildman–Crippen MR) is 68.9 cm³/mol. The Labute approximate surface area is 108 Å². The maximum absolute atomic E-state index is 13.0. The van der Waals surface area contributed by atoms with Gasteiger partial charge in [0, 0.05) is 6.54 Å². The summed E-state index contributed by atoms with van der Waals surface area (Å²) in [6.07, 6.45) is 6.00. The standard InChI is InChI=1S/C15H20FNO/c16-13-6-4-12(5-7-13)14-15(18-11-10-17-14)8-2-1-3-9-15/h4-7,14,17H,1-3,8-11H2. The summed E-state index contributed by atoms with van der Waals surface area (Å²) < 4.78 is 19.2. The highest BCUT2D eigenvalue weighted by atomic mass is 19.1. The Bertz CT molecular complexity index is 389. The SMILES string of the molecule is Fc1ccc(C2NCCOC23CCCCC3)cc1. The van der Waals surface area contributed by atoms with Gasteiger partial charge in [-0.2, -0.15) is 0 Å². The minimum Gasteiger partial charge on any atom is -0.372 e. The molecule has 3 rings (SSSR count). The molecule has 2 aliphatic rings. The molecule has 2 fully saturated rings. The van der Waals surface area contributed by atoms with Gasteiger partial charge in [0.25, 0.3) is 0 Å². The Kier molecular flexibility index (Phi) is 3.35. The average molecular weight is 249 g/mol. The van der Waals surface area contributed by atoms with Gasteiger partial charge >= 0.3 is 0 Å². The smallest absolute Gasteiger partial charge is 0.123 e. The zero-order valence-electron chi connectivity index (χ0n) is 10.6. The molecule has 0 radical (unpaired) electrons. The van der Waals surface area contributed by atoms with E-state index in [-0.39, 0.29) is 17.5 Å². The lowest BCUT2D eigenvalue weighted by atomic mass is 9.76. The monoisotopic (exact) mass is 249 g/mol. The Hall–Kier alpha value is -0.930. The van der Waals surface area contributed by atoms with Crippen molar-refractivity contribution in [3.8, 4) is 0 Å². The van der Waals surface area contributed by atoms with Gasteiger partial charge in [0.05, 0.1) is 18.2 Å². The molecule has 98 valence electrons. The lowest BCUT2D eigenvalue weighted by Gasteiger charge is -2.47. The number of hydrogen-bond donors (Lipinski definition) is 1. The lowest BCUT2D eigenvalue weighted by molar-refractivity contribution is -0.119. The first kappa shape index (κ1) is 12.1. The van der Waals surface area contributed by atoms with Crippen molar-refractivity contribution in [2.45, 2.75) is 43.7 Å². The summed E-state index contributed by atoms with van der Waals surface area (Å²) in [6, 6.07) is 7.08. The molecular weight excluding hydrogens is 229 g/mol. The van der Waals surface area contributed by atoms with Crippen molar-refractivity contribution in [2.75, 3.05) is 13.2 Å². The number of morpholine rings is 1. The summed E-state index contributed by atoms with van der Waals surface area (Å²) in [5, 5.41) is 3.57. The van der Waals surface area contributed by atoms with Crippen LogP contribution < -0.4 is 5.32 Å². The van der Waals surface area contributed by atoms with Crippen LogP contribution in [-0.2, 0) is 4.74 Å². The van der Waals surface area contributed by atoms with Crippen LogP contribution in [0.4, 0.5) is 4.39 Å². The van der Waals surface area contributed by atoms with Crippen LogP contribution >= 0.6 is 0 Å². The second-order valence-electron chi connectivity index (χ2n) is 5.41. The van der Waals surface area contributed by atoms with Crippen molar-refractivity contribution < 1.29 is 9.13 Å². The lowest BCUT2D eigenvalue weighted by Crippen LogP contribution is -2.53. The number of halogens is 1. The predicted octanol–water partition coefficient (Wildman–Crippen LogP) is 3.19. The second kappa shape index (κ2) is 4.98. The fraction of sp³-hybridized carbons (Fsp3) is 0.600. The highest BCUT2D eigenvalue weighted by Gasteiger charge is 2.43. The summed E-state index contributed by atoms with van der Waals surface area (Å²) in [7, 11) is 0. The molecule has 1 unspecified atom stereocenters. The van der Waals surface area contributed by atoms with Crippen LogP contribution in [-0.4, -0.2) is 18.8 Å². The van der Waals surface area contributed by atoms with Crippen molar-refractivity contribution in [3.63, 3.8) is 0 Å². The molecule has 0 aromatic heterocycles. The molecule has 1 N–H and O–H groups in total. The quantitative estimate of drug-likeness (QED) is 0.825.